The van der Waals surface area contributed by atoms with Gasteiger partial charge in [-0.25, -0.2) is 0 Å². The van der Waals surface area contributed by atoms with Crippen molar-refractivity contribution in [2.75, 3.05) is 13.7 Å². The van der Waals surface area contributed by atoms with Gasteiger partial charge in [-0.1, -0.05) is 12.0 Å². The van der Waals surface area contributed by atoms with E-state index < -0.39 is 6.00 Å². The predicted octanol–water partition coefficient (Wildman–Crippen LogP) is 0.797. The zero-order chi connectivity index (χ0) is 9.84. The molecule has 73 valence electrons. The molecule has 0 saturated carbocycles. The summed E-state index contributed by atoms with van der Waals surface area (Å²) in [7, 11) is 7.19. The molecule has 5 nitrogen and oxygen atoms in total. The fourth-order valence-corrected chi connectivity index (χ4v) is 1.35. The maximum Gasteiger partial charge on any atom is 0.0702 e. The molecule has 0 aromatic heterocycles. The van der Waals surface area contributed by atoms with Crippen molar-refractivity contribution < 1.29 is 42.2 Å². The van der Waals surface area contributed by atoms with E-state index in [0.717, 1.165) is 5.92 Å². The molecule has 1 fully saturated rings. The molecule has 1 saturated heterocycles. The van der Waals surface area contributed by atoms with Crippen molar-refractivity contribution in [2.24, 2.45) is 5.11 Å². The molecule has 0 aromatic rings. The molecule has 0 aromatic carbocycles. The third-order valence-corrected chi connectivity index (χ3v) is 2.10. The van der Waals surface area contributed by atoms with Gasteiger partial charge in [0.15, 0.2) is 0 Å². The molecule has 0 unspecified atom stereocenters. The first-order chi connectivity index (χ1) is 6.20. The van der Waals surface area contributed by atoms with Crippen LogP contribution in [0.1, 0.15) is 6.92 Å². The van der Waals surface area contributed by atoms with Crippen LogP contribution in [0.2, 0.25) is 0 Å². The average molecular weight is 269 g/mol. The van der Waals surface area contributed by atoms with Crippen LogP contribution in [0.3, 0.4) is 0 Å². The van der Waals surface area contributed by atoms with Crippen LogP contribution in [-0.2, 0) is 42.2 Å². The van der Waals surface area contributed by atoms with Crippen LogP contribution in [0.4, 0.5) is 0 Å². The van der Waals surface area contributed by atoms with Crippen molar-refractivity contribution in [3.05, 3.63) is 16.4 Å². The molecule has 1 aliphatic heterocycles. The summed E-state index contributed by atoms with van der Waals surface area (Å²) in [5.74, 6) is 0.847. The Balaban J connectivity index is 0.00000169. The molecule has 3 radical (unpaired) electrons. The molecule has 0 bridgehead atoms. The summed E-state index contributed by atoms with van der Waals surface area (Å²) < 4.78 is 10.3. The summed E-state index contributed by atoms with van der Waals surface area (Å²) in [5.41, 5.74) is 8.32. The van der Waals surface area contributed by atoms with Crippen LogP contribution in [0.5, 0.6) is 0 Å². The van der Waals surface area contributed by atoms with Gasteiger partial charge >= 0.3 is 0 Å². The van der Waals surface area contributed by atoms with Gasteiger partial charge in [-0.3, -0.25) is 5.92 Å². The first kappa shape index (κ1) is 14.4. The first-order valence-electron chi connectivity index (χ1n) is 3.98. The standard InChI is InChI=1S/C7H11BN3O2.Y/c1-4-6(10-11-9)5(3-12-2)13-7(4)8;/h5-7H,3H2,1-2H3;/q-1;/t5-,6+,7-;/m1./s1. The number of hydrogen-bond donors (Lipinski definition) is 0. The van der Waals surface area contributed by atoms with Gasteiger partial charge < -0.3 is 9.47 Å². The van der Waals surface area contributed by atoms with Gasteiger partial charge in [-0.2, -0.15) is 6.92 Å². The van der Waals surface area contributed by atoms with Gasteiger partial charge in [0.1, 0.15) is 0 Å². The van der Waals surface area contributed by atoms with Crippen LogP contribution in [0.25, 0.3) is 10.4 Å². The second kappa shape index (κ2) is 6.80. The van der Waals surface area contributed by atoms with Crippen LogP contribution >= 0.6 is 0 Å². The van der Waals surface area contributed by atoms with E-state index in [-0.39, 0.29) is 44.9 Å². The van der Waals surface area contributed by atoms with E-state index >= 15 is 0 Å². The van der Waals surface area contributed by atoms with Crippen molar-refractivity contribution in [3.63, 3.8) is 0 Å². The van der Waals surface area contributed by atoms with Gasteiger partial charge in [0.05, 0.1) is 20.6 Å². The third kappa shape index (κ3) is 3.21. The smallest absolute Gasteiger partial charge is 0.0702 e. The monoisotopic (exact) mass is 269 g/mol. The molecule has 0 spiro atoms. The van der Waals surface area contributed by atoms with Crippen molar-refractivity contribution >= 4 is 7.85 Å². The largest absolute Gasteiger partial charge is 0.415 e. The molecule has 7 heteroatoms. The number of rotatable bonds is 3. The van der Waals surface area contributed by atoms with E-state index in [1.54, 1.807) is 7.11 Å². The molecule has 0 N–H and O–H groups in total. The number of ether oxygens (including phenoxy) is 2. The van der Waals surface area contributed by atoms with Crippen molar-refractivity contribution in [1.82, 2.24) is 0 Å². The molecule has 0 amide bonds. The van der Waals surface area contributed by atoms with Crippen LogP contribution in [-0.4, -0.2) is 39.7 Å². The Morgan fingerprint density at radius 1 is 1.71 bits per heavy atom. The van der Waals surface area contributed by atoms with Gasteiger partial charge in [0.25, 0.3) is 0 Å². The van der Waals surface area contributed by atoms with Crippen LogP contribution in [0.15, 0.2) is 5.11 Å². The summed E-state index contributed by atoms with van der Waals surface area (Å²) >= 11 is 0. The minimum absolute atomic E-state index is 0. The Morgan fingerprint density at radius 3 is 2.86 bits per heavy atom. The van der Waals surface area contributed by atoms with E-state index in [4.69, 9.17) is 22.9 Å². The SMILES string of the molecule is [B][C@@H]1O[C@H](COC)[C@@H](N=[N+]=[N-])[C-]1C.[Y]. The van der Waals surface area contributed by atoms with E-state index in [1.165, 1.54) is 0 Å². The average Bonchev–Trinajstić information content (AvgIpc) is 2.34. The number of azide groups is 1. The summed E-state index contributed by atoms with van der Waals surface area (Å²) in [6.45, 7) is 2.20. The van der Waals surface area contributed by atoms with Gasteiger partial charge in [-0.05, 0) is 10.4 Å². The molecule has 1 aliphatic rings. The van der Waals surface area contributed by atoms with Crippen LogP contribution < -0.4 is 0 Å². The fraction of sp³-hybridized carbons (Fsp3) is 0.857. The van der Waals surface area contributed by atoms with E-state index in [2.05, 4.69) is 10.0 Å². The summed E-state index contributed by atoms with van der Waals surface area (Å²) in [5, 5.41) is 3.61. The summed E-state index contributed by atoms with van der Waals surface area (Å²) in [6.07, 6.45) is -0.254. The zero-order valence-electron chi connectivity index (χ0n) is 8.25. The van der Waals surface area contributed by atoms with Crippen molar-refractivity contribution in [3.8, 4) is 0 Å². The number of methoxy groups -OCH3 is 1. The summed E-state index contributed by atoms with van der Waals surface area (Å²) in [4.78, 5) is 2.75. The number of hydrogen-bond acceptors (Lipinski definition) is 3. The Morgan fingerprint density at radius 2 is 2.36 bits per heavy atom. The predicted molar refractivity (Wildman–Crippen MR) is 48.1 cm³/mol. The Hall–Kier alpha value is 0.399. The topological polar surface area (TPSA) is 67.2 Å². The maximum absolute atomic E-state index is 8.32. The molecule has 1 rings (SSSR count). The maximum atomic E-state index is 8.32. The Kier molecular flexibility index (Phi) is 7.00. The molecule has 3 atom stereocenters. The first-order valence-corrected chi connectivity index (χ1v) is 3.98. The molecule has 1 heterocycles. The second-order valence-electron chi connectivity index (χ2n) is 2.94. The minimum atomic E-state index is -0.448. The quantitative estimate of drug-likeness (QED) is 0.250. The van der Waals surface area contributed by atoms with E-state index in [9.17, 15) is 0 Å². The fourth-order valence-electron chi connectivity index (χ4n) is 1.35. The molecular formula is C7H11BN3O2Y-. The zero-order valence-corrected chi connectivity index (χ0v) is 11.1. The summed E-state index contributed by atoms with van der Waals surface area (Å²) in [6, 6.07) is -0.754. The van der Waals surface area contributed by atoms with E-state index in [1.807, 2.05) is 6.92 Å². The van der Waals surface area contributed by atoms with Crippen molar-refractivity contribution in [1.29, 1.82) is 0 Å². The minimum Gasteiger partial charge on any atom is -0.415 e. The molecule has 0 aliphatic carbocycles. The van der Waals surface area contributed by atoms with Crippen LogP contribution in [0, 0.1) is 5.92 Å². The second-order valence-corrected chi connectivity index (χ2v) is 2.94. The Bertz CT molecular complexity index is 225. The van der Waals surface area contributed by atoms with Gasteiger partial charge in [0, 0.05) is 39.8 Å². The molecule has 14 heavy (non-hydrogen) atoms. The van der Waals surface area contributed by atoms with Crippen molar-refractivity contribution in [2.45, 2.75) is 25.1 Å². The van der Waals surface area contributed by atoms with Gasteiger partial charge in [0.2, 0.25) is 0 Å². The number of nitrogens with zero attached hydrogens (tertiary/aromatic N) is 3. The Labute approximate surface area is 110 Å². The third-order valence-electron chi connectivity index (χ3n) is 2.10. The normalized spacial score (nSPS) is 32.0. The molecular weight excluding hydrogens is 258 g/mol. The van der Waals surface area contributed by atoms with Gasteiger partial charge in [-0.15, -0.1) is 5.11 Å². The van der Waals surface area contributed by atoms with E-state index in [0.29, 0.717) is 6.61 Å².